The number of hydrogen-bond acceptors (Lipinski definition) is 8. The van der Waals surface area contributed by atoms with Gasteiger partial charge < -0.3 is 29.7 Å². The van der Waals surface area contributed by atoms with Crippen molar-refractivity contribution < 1.29 is 19.0 Å². The molecule has 1 unspecified atom stereocenters. The lowest BCUT2D eigenvalue weighted by Crippen LogP contribution is -2.54. The van der Waals surface area contributed by atoms with E-state index in [1.165, 1.54) is 5.56 Å². The highest BCUT2D eigenvalue weighted by Crippen LogP contribution is 2.37. The van der Waals surface area contributed by atoms with Gasteiger partial charge in [0.15, 0.2) is 5.76 Å². The molecule has 1 saturated heterocycles. The van der Waals surface area contributed by atoms with Gasteiger partial charge in [-0.15, -0.1) is 0 Å². The fourth-order valence-corrected chi connectivity index (χ4v) is 5.51. The molecule has 2 N–H and O–H groups in total. The number of nitrogens with zero attached hydrogens (tertiary/aromatic N) is 4. The summed E-state index contributed by atoms with van der Waals surface area (Å²) in [6.45, 7) is 4.34. The average molecular weight is 528 g/mol. The van der Waals surface area contributed by atoms with Crippen LogP contribution in [0, 0.1) is 0 Å². The molecule has 0 spiro atoms. The van der Waals surface area contributed by atoms with Crippen LogP contribution < -0.4 is 15.4 Å². The number of piperazine rings is 1. The number of nitrogen functional groups attached to an aromatic ring is 1. The minimum atomic E-state index is 0.0894. The zero-order valence-corrected chi connectivity index (χ0v) is 21.9. The average Bonchev–Trinajstić information content (AvgIpc) is 3.65. The van der Waals surface area contributed by atoms with Crippen molar-refractivity contribution in [1.82, 2.24) is 14.8 Å². The number of nitrogens with two attached hydrogens (primary N) is 1. The first-order chi connectivity index (χ1) is 19.1. The predicted molar refractivity (Wildman–Crippen MR) is 148 cm³/mol. The Morgan fingerprint density at radius 3 is 2.59 bits per heavy atom. The molecule has 4 heterocycles. The number of amides is 1. The van der Waals surface area contributed by atoms with Crippen LogP contribution >= 0.6 is 0 Å². The van der Waals surface area contributed by atoms with E-state index >= 15 is 0 Å². The molecule has 1 atom stereocenters. The number of pyridine rings is 1. The highest BCUT2D eigenvalue weighted by molar-refractivity contribution is 5.83. The van der Waals surface area contributed by atoms with Gasteiger partial charge in [-0.1, -0.05) is 36.4 Å². The van der Waals surface area contributed by atoms with Crippen LogP contribution in [-0.4, -0.2) is 72.8 Å². The molecule has 3 aliphatic heterocycles. The Hall–Kier alpha value is -4.24. The summed E-state index contributed by atoms with van der Waals surface area (Å²) in [5.41, 5.74) is 9.73. The Labute approximate surface area is 228 Å². The molecule has 39 heavy (non-hydrogen) atoms. The van der Waals surface area contributed by atoms with Crippen molar-refractivity contribution >= 4 is 17.3 Å². The monoisotopic (exact) mass is 527 g/mol. The van der Waals surface area contributed by atoms with E-state index in [0.717, 1.165) is 55.2 Å². The molecule has 0 saturated carbocycles. The topological polar surface area (TPSA) is 93.4 Å². The number of aromatic nitrogens is 1. The molecule has 0 aliphatic carbocycles. The Kier molecular flexibility index (Phi) is 7.23. The summed E-state index contributed by atoms with van der Waals surface area (Å²) >= 11 is 0. The summed E-state index contributed by atoms with van der Waals surface area (Å²) in [4.78, 5) is 24.1. The van der Waals surface area contributed by atoms with Crippen molar-refractivity contribution in [2.75, 3.05) is 56.7 Å². The number of hydrogen-bond donors (Lipinski definition) is 1. The van der Waals surface area contributed by atoms with Gasteiger partial charge in [0, 0.05) is 50.0 Å². The fraction of sp³-hybridized carbons (Fsp3) is 0.333. The molecule has 0 radical (unpaired) electrons. The normalized spacial score (nSPS) is 17.7. The number of carbonyl (C=O) groups is 1. The van der Waals surface area contributed by atoms with Crippen molar-refractivity contribution in [3.63, 3.8) is 0 Å². The molecule has 3 aliphatic rings. The molecule has 3 aromatic rings. The van der Waals surface area contributed by atoms with Crippen molar-refractivity contribution in [2.24, 2.45) is 0 Å². The highest BCUT2D eigenvalue weighted by atomic mass is 16.7. The number of rotatable bonds is 8. The molecule has 202 valence electrons. The molecule has 0 bridgehead atoms. The highest BCUT2D eigenvalue weighted by Gasteiger charge is 2.32. The maximum Gasteiger partial charge on any atom is 0.242 e. The van der Waals surface area contributed by atoms with Gasteiger partial charge in [0.2, 0.25) is 18.6 Å². The van der Waals surface area contributed by atoms with Gasteiger partial charge >= 0.3 is 0 Å². The van der Waals surface area contributed by atoms with Gasteiger partial charge in [0.1, 0.15) is 12.0 Å². The summed E-state index contributed by atoms with van der Waals surface area (Å²) in [5, 5.41) is 0. The Morgan fingerprint density at radius 1 is 1.00 bits per heavy atom. The number of benzene rings is 2. The van der Waals surface area contributed by atoms with Gasteiger partial charge in [0.25, 0.3) is 0 Å². The number of anilines is 2. The largest absolute Gasteiger partial charge is 0.462 e. The van der Waals surface area contributed by atoms with Gasteiger partial charge in [-0.25, -0.2) is 4.98 Å². The minimum Gasteiger partial charge on any atom is -0.462 e. The SMILES string of the molecule is Nc1ccc(Oc2cccc3c2CCN3CC(=O)N2CCN(C(Cc3ccccc3)C3=COCO3)CC2)nc1. The summed E-state index contributed by atoms with van der Waals surface area (Å²) < 4.78 is 17.2. The predicted octanol–water partition coefficient (Wildman–Crippen LogP) is 3.42. The first-order valence-electron chi connectivity index (χ1n) is 13.4. The fourth-order valence-electron chi connectivity index (χ4n) is 5.51. The van der Waals surface area contributed by atoms with E-state index in [9.17, 15) is 4.79 Å². The molecule has 1 amide bonds. The van der Waals surface area contributed by atoms with Crippen LogP contribution in [0.15, 0.2) is 78.9 Å². The smallest absolute Gasteiger partial charge is 0.242 e. The van der Waals surface area contributed by atoms with Crippen molar-refractivity contribution in [2.45, 2.75) is 18.9 Å². The lowest BCUT2D eigenvalue weighted by molar-refractivity contribution is -0.131. The molecule has 9 nitrogen and oxygen atoms in total. The van der Waals surface area contributed by atoms with E-state index in [2.05, 4.69) is 45.1 Å². The second-order valence-electron chi connectivity index (χ2n) is 10.0. The van der Waals surface area contributed by atoms with Gasteiger partial charge in [-0.3, -0.25) is 9.69 Å². The quantitative estimate of drug-likeness (QED) is 0.477. The zero-order chi connectivity index (χ0) is 26.6. The zero-order valence-electron chi connectivity index (χ0n) is 21.9. The molecule has 6 rings (SSSR count). The molecule has 9 heteroatoms. The molecule has 1 fully saturated rings. The lowest BCUT2D eigenvalue weighted by atomic mass is 10.0. The van der Waals surface area contributed by atoms with Crippen LogP contribution in [0.1, 0.15) is 11.1 Å². The number of fused-ring (bicyclic) bond motifs is 1. The van der Waals surface area contributed by atoms with E-state index in [-0.39, 0.29) is 18.7 Å². The van der Waals surface area contributed by atoms with Gasteiger partial charge in [0.05, 0.1) is 24.5 Å². The lowest BCUT2D eigenvalue weighted by Gasteiger charge is -2.39. The number of carbonyl (C=O) groups excluding carboxylic acids is 1. The second kappa shape index (κ2) is 11.2. The van der Waals surface area contributed by atoms with Gasteiger partial charge in [-0.05, 0) is 36.6 Å². The van der Waals surface area contributed by atoms with Crippen LogP contribution in [0.2, 0.25) is 0 Å². The maximum absolute atomic E-state index is 13.4. The van der Waals surface area contributed by atoms with E-state index in [4.69, 9.17) is 19.9 Å². The van der Waals surface area contributed by atoms with Crippen molar-refractivity contribution in [3.05, 3.63) is 90.0 Å². The van der Waals surface area contributed by atoms with Crippen molar-refractivity contribution in [1.29, 1.82) is 0 Å². The molecular formula is C30H33N5O4. The van der Waals surface area contributed by atoms with Crippen LogP contribution in [0.3, 0.4) is 0 Å². The Balaban J connectivity index is 1.07. The summed E-state index contributed by atoms with van der Waals surface area (Å²) in [7, 11) is 0. The summed E-state index contributed by atoms with van der Waals surface area (Å²) in [6.07, 6.45) is 4.97. The van der Waals surface area contributed by atoms with Crippen LogP contribution in [-0.2, 0) is 27.1 Å². The third-order valence-corrected chi connectivity index (χ3v) is 7.58. The van der Waals surface area contributed by atoms with Crippen molar-refractivity contribution in [3.8, 4) is 11.6 Å². The van der Waals surface area contributed by atoms with E-state index in [1.807, 2.05) is 23.1 Å². The first-order valence-corrected chi connectivity index (χ1v) is 13.4. The maximum atomic E-state index is 13.4. The second-order valence-corrected chi connectivity index (χ2v) is 10.0. The van der Waals surface area contributed by atoms with Crippen LogP contribution in [0.25, 0.3) is 0 Å². The molecule has 2 aromatic carbocycles. The van der Waals surface area contributed by atoms with E-state index in [1.54, 1.807) is 24.6 Å². The summed E-state index contributed by atoms with van der Waals surface area (Å²) in [5.74, 6) is 2.28. The van der Waals surface area contributed by atoms with Crippen LogP contribution in [0.5, 0.6) is 11.6 Å². The number of ether oxygens (including phenoxy) is 3. The minimum absolute atomic E-state index is 0.0894. The van der Waals surface area contributed by atoms with Gasteiger partial charge in [-0.2, -0.15) is 0 Å². The Bertz CT molecular complexity index is 1320. The van der Waals surface area contributed by atoms with E-state index in [0.29, 0.717) is 31.2 Å². The first kappa shape index (κ1) is 25.1. The standard InChI is InChI=1S/C30H33N5O4/c31-23-9-10-29(32-18-23)39-27-8-4-7-25-24(27)11-12-35(25)19-30(36)34-15-13-33(14-16-34)26(28-20-37-21-38-28)17-22-5-2-1-3-6-22/h1-10,18,20,26H,11-17,19,21,31H2. The molecular weight excluding hydrogens is 494 g/mol. The third kappa shape index (κ3) is 5.63. The van der Waals surface area contributed by atoms with E-state index < -0.39 is 0 Å². The third-order valence-electron chi connectivity index (χ3n) is 7.58. The Morgan fingerprint density at radius 2 is 1.85 bits per heavy atom. The molecule has 1 aromatic heterocycles. The summed E-state index contributed by atoms with van der Waals surface area (Å²) in [6, 6.07) is 20.0. The van der Waals surface area contributed by atoms with Crippen LogP contribution in [0.4, 0.5) is 11.4 Å².